The van der Waals surface area contributed by atoms with Gasteiger partial charge in [0.05, 0.1) is 18.1 Å². The predicted molar refractivity (Wildman–Crippen MR) is 103 cm³/mol. The van der Waals surface area contributed by atoms with Crippen molar-refractivity contribution < 1.29 is 9.53 Å². The van der Waals surface area contributed by atoms with E-state index in [2.05, 4.69) is 15.3 Å². The van der Waals surface area contributed by atoms with Crippen molar-refractivity contribution in [2.75, 3.05) is 12.4 Å². The molecule has 2 N–H and O–H groups in total. The van der Waals surface area contributed by atoms with Crippen molar-refractivity contribution in [1.82, 2.24) is 9.97 Å². The van der Waals surface area contributed by atoms with Gasteiger partial charge in [0, 0.05) is 11.3 Å². The van der Waals surface area contributed by atoms with Crippen molar-refractivity contribution >= 4 is 23.4 Å². The average Bonchev–Trinajstić information content (AvgIpc) is 2.66. The second kappa shape index (κ2) is 8.40. The number of thioether (sulfide) groups is 1. The maximum atomic E-state index is 12.6. The van der Waals surface area contributed by atoms with Crippen LogP contribution in [-0.4, -0.2) is 28.2 Å². The zero-order valence-electron chi connectivity index (χ0n) is 15.0. The van der Waals surface area contributed by atoms with Crippen LogP contribution in [0.25, 0.3) is 0 Å². The second-order valence-corrected chi connectivity index (χ2v) is 7.43. The third-order valence-electron chi connectivity index (χ3n) is 4.44. The Morgan fingerprint density at radius 1 is 1.31 bits per heavy atom. The molecule has 0 radical (unpaired) electrons. The summed E-state index contributed by atoms with van der Waals surface area (Å²) in [5.74, 6) is 0.628. The lowest BCUT2D eigenvalue weighted by atomic mass is 9.97. The highest BCUT2D eigenvalue weighted by atomic mass is 32.2. The molecule has 138 valence electrons. The maximum Gasteiger partial charge on any atom is 0.254 e. The van der Waals surface area contributed by atoms with Crippen LogP contribution in [0.4, 0.5) is 5.69 Å². The molecule has 2 aromatic rings. The minimum absolute atomic E-state index is 0.0670. The third kappa shape index (κ3) is 4.27. The largest absolute Gasteiger partial charge is 0.497 e. The summed E-state index contributed by atoms with van der Waals surface area (Å²) in [6.45, 7) is 1.95. The van der Waals surface area contributed by atoms with E-state index < -0.39 is 0 Å². The minimum Gasteiger partial charge on any atom is -0.497 e. The fraction of sp³-hybridized carbons (Fsp3) is 0.421. The predicted octanol–water partition coefficient (Wildman–Crippen LogP) is 3.17. The summed E-state index contributed by atoms with van der Waals surface area (Å²) in [5, 5.41) is 3.10. The number of rotatable bonds is 6. The van der Waals surface area contributed by atoms with Crippen molar-refractivity contribution in [3.8, 4) is 5.75 Å². The van der Waals surface area contributed by atoms with E-state index >= 15 is 0 Å². The number of hydrogen-bond acceptors (Lipinski definition) is 5. The molecule has 1 amide bonds. The number of methoxy groups -OCH3 is 1. The summed E-state index contributed by atoms with van der Waals surface area (Å²) in [4.78, 5) is 32.3. The van der Waals surface area contributed by atoms with Gasteiger partial charge in [-0.2, -0.15) is 0 Å². The van der Waals surface area contributed by atoms with Crippen molar-refractivity contribution in [2.24, 2.45) is 0 Å². The van der Waals surface area contributed by atoms with Gasteiger partial charge in [0.25, 0.3) is 5.56 Å². The van der Waals surface area contributed by atoms with E-state index in [1.165, 1.54) is 11.8 Å². The maximum absolute atomic E-state index is 12.6. The monoisotopic (exact) mass is 373 g/mol. The first-order chi connectivity index (χ1) is 12.6. The van der Waals surface area contributed by atoms with Gasteiger partial charge in [0.15, 0.2) is 5.16 Å². The minimum atomic E-state index is -0.332. The quantitative estimate of drug-likeness (QED) is 0.600. The number of fused-ring (bicyclic) bond motifs is 1. The molecule has 0 aliphatic heterocycles. The number of benzene rings is 1. The summed E-state index contributed by atoms with van der Waals surface area (Å²) in [6, 6.07) is 7.19. The Hall–Kier alpha value is -2.28. The Morgan fingerprint density at radius 2 is 2.04 bits per heavy atom. The van der Waals surface area contributed by atoms with E-state index in [4.69, 9.17) is 4.74 Å². The number of aromatic nitrogens is 2. The van der Waals surface area contributed by atoms with Gasteiger partial charge in [-0.25, -0.2) is 4.98 Å². The molecule has 1 aliphatic carbocycles. The van der Waals surface area contributed by atoms with Gasteiger partial charge in [0.2, 0.25) is 5.91 Å². The number of nitrogens with zero attached hydrogens (tertiary/aromatic N) is 1. The van der Waals surface area contributed by atoms with Crippen molar-refractivity contribution in [3.63, 3.8) is 0 Å². The number of H-pyrrole nitrogens is 1. The highest BCUT2D eigenvalue weighted by molar-refractivity contribution is 8.00. The van der Waals surface area contributed by atoms with E-state index in [-0.39, 0.29) is 16.7 Å². The molecule has 7 heteroatoms. The zero-order chi connectivity index (χ0) is 18.5. The summed E-state index contributed by atoms with van der Waals surface area (Å²) >= 11 is 1.31. The number of nitrogens with one attached hydrogen (secondary N) is 2. The Labute approximate surface area is 156 Å². The molecule has 1 aromatic carbocycles. The molecule has 0 saturated carbocycles. The van der Waals surface area contributed by atoms with Crippen LogP contribution in [0.2, 0.25) is 0 Å². The number of hydrogen-bond donors (Lipinski definition) is 2. The molecule has 1 aromatic heterocycles. The van der Waals surface area contributed by atoms with Gasteiger partial charge in [-0.15, -0.1) is 0 Å². The van der Waals surface area contributed by atoms with Crippen molar-refractivity contribution in [3.05, 3.63) is 45.9 Å². The van der Waals surface area contributed by atoms with E-state index in [0.29, 0.717) is 17.3 Å². The Morgan fingerprint density at radius 3 is 2.73 bits per heavy atom. The van der Waals surface area contributed by atoms with Crippen LogP contribution in [-0.2, 0) is 17.6 Å². The lowest BCUT2D eigenvalue weighted by Crippen LogP contribution is -2.26. The number of ether oxygens (including phenoxy) is 1. The molecule has 0 spiro atoms. The van der Waals surface area contributed by atoms with E-state index in [9.17, 15) is 9.59 Å². The average molecular weight is 373 g/mol. The first kappa shape index (κ1) is 18.5. The van der Waals surface area contributed by atoms with Gasteiger partial charge in [-0.3, -0.25) is 9.59 Å². The van der Waals surface area contributed by atoms with Crippen molar-refractivity contribution in [1.29, 1.82) is 0 Å². The molecular weight excluding hydrogens is 350 g/mol. The molecule has 1 unspecified atom stereocenters. The second-order valence-electron chi connectivity index (χ2n) is 6.24. The molecule has 6 nitrogen and oxygen atoms in total. The first-order valence-electron chi connectivity index (χ1n) is 8.84. The topological polar surface area (TPSA) is 84.1 Å². The molecule has 1 atom stereocenters. The molecule has 3 rings (SSSR count). The lowest BCUT2D eigenvalue weighted by molar-refractivity contribution is -0.115. The molecule has 1 aliphatic rings. The van der Waals surface area contributed by atoms with Crippen molar-refractivity contribution in [2.45, 2.75) is 49.4 Å². The molecule has 26 heavy (non-hydrogen) atoms. The molecule has 0 fully saturated rings. The third-order valence-corrected chi connectivity index (χ3v) is 5.69. The summed E-state index contributed by atoms with van der Waals surface area (Å²) in [5.41, 5.74) is 2.33. The van der Waals surface area contributed by atoms with E-state index in [1.807, 2.05) is 6.92 Å². The molecule has 0 bridgehead atoms. The Kier molecular flexibility index (Phi) is 5.98. The fourth-order valence-corrected chi connectivity index (χ4v) is 3.91. The standard InChI is InChI=1S/C19H23N3O3S/c1-3-16(18(24)20-12-8-10-13(25-2)11-9-12)26-19-21-15-7-5-4-6-14(15)17(23)22-19/h8-11,16H,3-7H2,1-2H3,(H,20,24)(H,21,22,23). The highest BCUT2D eigenvalue weighted by Gasteiger charge is 2.22. The number of carbonyl (C=O) groups excluding carboxylic acids is 1. The summed E-state index contributed by atoms with van der Waals surface area (Å²) < 4.78 is 5.12. The molecule has 0 saturated heterocycles. The smallest absolute Gasteiger partial charge is 0.254 e. The van der Waals surface area contributed by atoms with Gasteiger partial charge < -0.3 is 15.0 Å². The normalized spacial score (nSPS) is 14.4. The van der Waals surface area contributed by atoms with Crippen LogP contribution >= 0.6 is 11.8 Å². The lowest BCUT2D eigenvalue weighted by Gasteiger charge is -2.17. The molecule has 1 heterocycles. The number of amides is 1. The van der Waals surface area contributed by atoms with Gasteiger partial charge in [-0.05, 0) is 56.4 Å². The summed E-state index contributed by atoms with van der Waals surface area (Å²) in [7, 11) is 1.60. The van der Waals surface area contributed by atoms with Crippen LogP contribution in [0.5, 0.6) is 5.75 Å². The van der Waals surface area contributed by atoms with Crippen LogP contribution in [0.15, 0.2) is 34.2 Å². The highest BCUT2D eigenvalue weighted by Crippen LogP contribution is 2.25. The number of aromatic amines is 1. The Bertz CT molecular complexity index is 833. The number of carbonyl (C=O) groups is 1. The van der Waals surface area contributed by atoms with Gasteiger partial charge in [0.1, 0.15) is 5.75 Å². The van der Waals surface area contributed by atoms with Crippen LogP contribution in [0, 0.1) is 0 Å². The SMILES string of the molecule is CCC(Sc1nc2c(c(=O)[nH]1)CCCC2)C(=O)Nc1ccc(OC)cc1. The van der Waals surface area contributed by atoms with E-state index in [1.54, 1.807) is 31.4 Å². The van der Waals surface area contributed by atoms with Crippen LogP contribution < -0.4 is 15.6 Å². The van der Waals surface area contributed by atoms with Crippen LogP contribution in [0.1, 0.15) is 37.4 Å². The fourth-order valence-electron chi connectivity index (χ4n) is 2.99. The first-order valence-corrected chi connectivity index (χ1v) is 9.72. The van der Waals surface area contributed by atoms with Crippen LogP contribution in [0.3, 0.4) is 0 Å². The summed E-state index contributed by atoms with van der Waals surface area (Å²) in [6.07, 6.45) is 4.35. The Balaban J connectivity index is 1.71. The molecular formula is C19H23N3O3S. The van der Waals surface area contributed by atoms with E-state index in [0.717, 1.165) is 42.7 Å². The number of aryl methyl sites for hydroxylation is 1. The van der Waals surface area contributed by atoms with Gasteiger partial charge in [-0.1, -0.05) is 18.7 Å². The van der Waals surface area contributed by atoms with Gasteiger partial charge >= 0.3 is 0 Å². The zero-order valence-corrected chi connectivity index (χ0v) is 15.8. The number of anilines is 1.